The molecule has 2 N–H and O–H groups in total. The SMILES string of the molecule is CNc1nc(NC2[C@H]3CN(C(C)=O)C[C@@H]23)nn2ccc(-c3cc[n+]4c(n3)C=C4)c12. The van der Waals surface area contributed by atoms with E-state index in [1.165, 1.54) is 0 Å². The fourth-order valence-electron chi connectivity index (χ4n) is 4.52. The first kappa shape index (κ1) is 16.5. The molecule has 9 nitrogen and oxygen atoms in total. The molecule has 1 saturated carbocycles. The normalized spacial score (nSPS) is 23.5. The van der Waals surface area contributed by atoms with Crippen molar-refractivity contribution in [2.75, 3.05) is 30.8 Å². The van der Waals surface area contributed by atoms with E-state index in [1.807, 2.05) is 57.8 Å². The molecule has 146 valence electrons. The molecule has 0 radical (unpaired) electrons. The van der Waals surface area contributed by atoms with E-state index < -0.39 is 0 Å². The minimum atomic E-state index is 0.157. The molecule has 3 aliphatic rings. The van der Waals surface area contributed by atoms with Gasteiger partial charge in [-0.25, -0.2) is 9.08 Å². The number of fused-ring (bicyclic) bond motifs is 3. The summed E-state index contributed by atoms with van der Waals surface area (Å²) in [6.07, 6.45) is 7.91. The van der Waals surface area contributed by atoms with Crippen LogP contribution in [0.4, 0.5) is 11.8 Å². The fourth-order valence-corrected chi connectivity index (χ4v) is 4.52. The van der Waals surface area contributed by atoms with Gasteiger partial charge in [-0.15, -0.1) is 5.10 Å². The maximum atomic E-state index is 11.5. The molecule has 3 aromatic rings. The van der Waals surface area contributed by atoms with Crippen molar-refractivity contribution in [3.05, 3.63) is 30.4 Å². The van der Waals surface area contributed by atoms with Gasteiger partial charge in [-0.05, 0) is 11.1 Å². The van der Waals surface area contributed by atoms with Gasteiger partial charge in [0.1, 0.15) is 17.9 Å². The van der Waals surface area contributed by atoms with Gasteiger partial charge in [-0.2, -0.15) is 4.98 Å². The third-order valence-electron chi connectivity index (χ3n) is 6.24. The van der Waals surface area contributed by atoms with Crippen molar-refractivity contribution in [2.24, 2.45) is 11.8 Å². The summed E-state index contributed by atoms with van der Waals surface area (Å²) in [6.45, 7) is 3.28. The highest BCUT2D eigenvalue weighted by Crippen LogP contribution is 2.47. The first-order valence-corrected chi connectivity index (χ1v) is 9.82. The molecular formula is C20H21N8O+. The molecule has 9 heteroatoms. The monoisotopic (exact) mass is 389 g/mol. The molecule has 2 fully saturated rings. The number of rotatable bonds is 4. The van der Waals surface area contributed by atoms with Crippen LogP contribution in [0, 0.1) is 11.8 Å². The van der Waals surface area contributed by atoms with Crippen molar-refractivity contribution in [3.63, 3.8) is 0 Å². The van der Waals surface area contributed by atoms with Gasteiger partial charge in [-0.3, -0.25) is 4.79 Å². The lowest BCUT2D eigenvalue weighted by Crippen LogP contribution is -2.36. The number of amides is 1. The number of aromatic nitrogens is 5. The summed E-state index contributed by atoms with van der Waals surface area (Å²) >= 11 is 0. The average molecular weight is 389 g/mol. The van der Waals surface area contributed by atoms with Crippen molar-refractivity contribution in [1.29, 1.82) is 0 Å². The minimum Gasteiger partial charge on any atom is -0.371 e. The zero-order valence-corrected chi connectivity index (χ0v) is 16.2. The highest BCUT2D eigenvalue weighted by molar-refractivity contribution is 5.87. The van der Waals surface area contributed by atoms with Crippen LogP contribution in [-0.2, 0) is 4.79 Å². The van der Waals surface area contributed by atoms with E-state index in [0.29, 0.717) is 23.8 Å². The standard InChI is InChI=1S/C20H21N8O/c1-11(29)27-9-13-14(10-27)17(13)23-20-24-19(21-2)18-12(3-8-28(18)25-20)15-4-6-26-7-5-16(26)22-15/h3-8,13-14,17H,9-10H2,1-2H3,(H2,21,23,24,25)/q+1/t13-,14+,17?. The van der Waals surface area contributed by atoms with Crippen LogP contribution in [0.5, 0.6) is 0 Å². The van der Waals surface area contributed by atoms with Crippen LogP contribution in [0.1, 0.15) is 12.7 Å². The topological polar surface area (TPSA) is 91.3 Å². The zero-order chi connectivity index (χ0) is 19.7. The number of hydrogen-bond acceptors (Lipinski definition) is 6. The quantitative estimate of drug-likeness (QED) is 0.505. The van der Waals surface area contributed by atoms with E-state index in [2.05, 4.69) is 15.7 Å². The second kappa shape index (κ2) is 5.76. The minimum absolute atomic E-state index is 0.157. The Hall–Kier alpha value is -3.49. The van der Waals surface area contributed by atoms with Gasteiger partial charge in [0.15, 0.2) is 11.5 Å². The van der Waals surface area contributed by atoms with Crippen molar-refractivity contribution in [2.45, 2.75) is 13.0 Å². The fraction of sp³-hybridized carbons (Fsp3) is 0.350. The number of carbonyl (C=O) groups excluding carboxylic acids is 1. The van der Waals surface area contributed by atoms with Gasteiger partial charge in [0, 0.05) is 57.2 Å². The molecule has 1 aliphatic carbocycles. The van der Waals surface area contributed by atoms with Gasteiger partial charge in [-0.1, -0.05) is 0 Å². The molecular weight excluding hydrogens is 368 g/mol. The summed E-state index contributed by atoms with van der Waals surface area (Å²) in [4.78, 5) is 22.9. The maximum absolute atomic E-state index is 11.5. The molecule has 1 unspecified atom stereocenters. The number of hydrogen-bond donors (Lipinski definition) is 2. The van der Waals surface area contributed by atoms with Gasteiger partial charge in [0.25, 0.3) is 0 Å². The molecule has 29 heavy (non-hydrogen) atoms. The van der Waals surface area contributed by atoms with Gasteiger partial charge >= 0.3 is 5.82 Å². The number of nitrogens with zero attached hydrogens (tertiary/aromatic N) is 6. The van der Waals surface area contributed by atoms with E-state index in [-0.39, 0.29) is 5.91 Å². The lowest BCUT2D eigenvalue weighted by Gasteiger charge is -2.18. The van der Waals surface area contributed by atoms with Gasteiger partial charge in [0.2, 0.25) is 11.9 Å². The smallest absolute Gasteiger partial charge is 0.331 e. The Morgan fingerprint density at radius 3 is 2.72 bits per heavy atom. The van der Waals surface area contributed by atoms with E-state index in [9.17, 15) is 4.79 Å². The summed E-state index contributed by atoms with van der Waals surface area (Å²) in [5.74, 6) is 3.44. The first-order valence-electron chi connectivity index (χ1n) is 9.82. The predicted octanol–water partition coefficient (Wildman–Crippen LogP) is 0.950. The van der Waals surface area contributed by atoms with Crippen LogP contribution < -0.4 is 15.2 Å². The Morgan fingerprint density at radius 2 is 2.07 bits per heavy atom. The Labute approximate surface area is 167 Å². The highest BCUT2D eigenvalue weighted by atomic mass is 16.2. The lowest BCUT2D eigenvalue weighted by atomic mass is 10.2. The van der Waals surface area contributed by atoms with Crippen LogP contribution >= 0.6 is 0 Å². The van der Waals surface area contributed by atoms with Gasteiger partial charge < -0.3 is 15.5 Å². The molecule has 1 amide bonds. The second-order valence-corrected chi connectivity index (χ2v) is 7.87. The molecule has 3 aromatic heterocycles. The van der Waals surface area contributed by atoms with E-state index in [4.69, 9.17) is 9.97 Å². The third-order valence-corrected chi connectivity index (χ3v) is 6.24. The first-order chi connectivity index (χ1) is 14.1. The molecule has 2 aliphatic heterocycles. The largest absolute Gasteiger partial charge is 0.371 e. The summed E-state index contributed by atoms with van der Waals surface area (Å²) in [5.41, 5.74) is 2.78. The molecule has 6 rings (SSSR count). The number of nitrogens with one attached hydrogen (secondary N) is 2. The van der Waals surface area contributed by atoms with Crippen LogP contribution in [0.3, 0.4) is 0 Å². The Kier molecular flexibility index (Phi) is 3.27. The molecule has 0 aromatic carbocycles. The van der Waals surface area contributed by atoms with Crippen molar-refractivity contribution in [3.8, 4) is 11.3 Å². The Bertz CT molecular complexity index is 1190. The summed E-state index contributed by atoms with van der Waals surface area (Å²) in [5, 5.41) is 11.3. The second-order valence-electron chi connectivity index (χ2n) is 7.87. The van der Waals surface area contributed by atoms with Crippen molar-refractivity contribution >= 4 is 35.5 Å². The van der Waals surface area contributed by atoms with Crippen LogP contribution in [0.25, 0.3) is 29.1 Å². The lowest BCUT2D eigenvalue weighted by molar-refractivity contribution is -0.584. The molecule has 1 saturated heterocycles. The summed E-state index contributed by atoms with van der Waals surface area (Å²) < 4.78 is 3.83. The molecule has 0 spiro atoms. The van der Waals surface area contributed by atoms with E-state index >= 15 is 0 Å². The molecule has 0 bridgehead atoms. The van der Waals surface area contributed by atoms with Gasteiger partial charge in [0.05, 0.1) is 11.6 Å². The summed E-state index contributed by atoms with van der Waals surface area (Å²) in [6, 6.07) is 4.36. The van der Waals surface area contributed by atoms with Crippen LogP contribution in [-0.4, -0.2) is 56.6 Å². The number of carbonyl (C=O) groups is 1. The third kappa shape index (κ3) is 2.43. The van der Waals surface area contributed by atoms with Crippen molar-refractivity contribution < 1.29 is 9.36 Å². The highest BCUT2D eigenvalue weighted by Gasteiger charge is 2.56. The van der Waals surface area contributed by atoms with E-state index in [1.54, 1.807) is 6.92 Å². The average Bonchev–Trinajstić information content (AvgIpc) is 3.05. The van der Waals surface area contributed by atoms with E-state index in [0.717, 1.165) is 41.5 Å². The maximum Gasteiger partial charge on any atom is 0.331 e. The Balaban J connectivity index is 1.30. The predicted molar refractivity (Wildman–Crippen MR) is 108 cm³/mol. The van der Waals surface area contributed by atoms with Crippen molar-refractivity contribution in [1.82, 2.24) is 24.5 Å². The van der Waals surface area contributed by atoms with Crippen LogP contribution in [0.15, 0.2) is 24.5 Å². The molecule has 3 atom stereocenters. The number of piperidine rings is 1. The number of anilines is 2. The zero-order valence-electron chi connectivity index (χ0n) is 16.2. The van der Waals surface area contributed by atoms with Crippen LogP contribution in [0.2, 0.25) is 0 Å². The summed E-state index contributed by atoms with van der Waals surface area (Å²) in [7, 11) is 1.86. The molecule has 5 heterocycles. The Morgan fingerprint density at radius 1 is 1.24 bits per heavy atom. The number of likely N-dealkylation sites (tertiary alicyclic amines) is 1.